The highest BCUT2D eigenvalue weighted by atomic mass is 19.4. The van der Waals surface area contributed by atoms with Crippen molar-refractivity contribution in [1.82, 2.24) is 24.3 Å². The van der Waals surface area contributed by atoms with Crippen LogP contribution in [0.3, 0.4) is 0 Å². The number of piperidine rings is 1. The second-order valence-electron chi connectivity index (χ2n) is 10.3. The van der Waals surface area contributed by atoms with Crippen molar-refractivity contribution in [2.45, 2.75) is 44.3 Å². The number of nitrogens with two attached hydrogens (primary N) is 1. The van der Waals surface area contributed by atoms with Gasteiger partial charge in [-0.15, -0.1) is 0 Å². The molecule has 0 spiro atoms. The molecule has 4 heterocycles. The Balaban J connectivity index is 1.45. The average Bonchev–Trinajstić information content (AvgIpc) is 3.37. The van der Waals surface area contributed by atoms with E-state index in [1.807, 2.05) is 11.8 Å². The minimum atomic E-state index is -4.63. The molecule has 14 heteroatoms. The first-order chi connectivity index (χ1) is 20.5. The van der Waals surface area contributed by atoms with Gasteiger partial charge in [-0.2, -0.15) is 13.2 Å². The summed E-state index contributed by atoms with van der Waals surface area (Å²) >= 11 is 0. The zero-order valence-electron chi connectivity index (χ0n) is 23.4. The molecule has 5 rings (SSSR count). The van der Waals surface area contributed by atoms with Crippen molar-refractivity contribution < 1.29 is 31.9 Å². The summed E-state index contributed by atoms with van der Waals surface area (Å²) in [7, 11) is 1.54. The molecular weight excluding hydrogens is 570 g/mol. The Morgan fingerprint density at radius 2 is 1.93 bits per heavy atom. The largest absolute Gasteiger partial charge is 0.416 e. The molecule has 2 amide bonds. The van der Waals surface area contributed by atoms with Crippen molar-refractivity contribution >= 4 is 29.0 Å². The van der Waals surface area contributed by atoms with Gasteiger partial charge in [0.2, 0.25) is 5.91 Å². The molecule has 10 nitrogen and oxygen atoms in total. The van der Waals surface area contributed by atoms with Gasteiger partial charge in [0.15, 0.2) is 0 Å². The van der Waals surface area contributed by atoms with Gasteiger partial charge in [0.05, 0.1) is 24.2 Å². The Bertz CT molecular complexity index is 1670. The number of aromatic nitrogens is 4. The number of carbonyl (C=O) groups is 2. The third kappa shape index (κ3) is 6.14. The SMILES string of the molecule is COCCC(=O)N1C[C@H](c2nc(-c3ccc(C(=O)Nc4cc(C(F)(F)F)ccn4)c(F)c3)c3c(N)nccn23)CC[C@@H]1C. The van der Waals surface area contributed by atoms with Crippen LogP contribution in [-0.4, -0.2) is 62.4 Å². The Morgan fingerprint density at radius 3 is 2.65 bits per heavy atom. The van der Waals surface area contributed by atoms with Gasteiger partial charge >= 0.3 is 6.18 Å². The second kappa shape index (κ2) is 12.0. The van der Waals surface area contributed by atoms with Crippen LogP contribution in [0.1, 0.15) is 53.8 Å². The lowest BCUT2D eigenvalue weighted by Gasteiger charge is -2.37. The highest BCUT2D eigenvalue weighted by Crippen LogP contribution is 2.36. The number of hydrogen-bond donors (Lipinski definition) is 2. The van der Waals surface area contributed by atoms with Gasteiger partial charge in [-0.25, -0.2) is 19.3 Å². The number of alkyl halides is 3. The zero-order valence-corrected chi connectivity index (χ0v) is 23.4. The monoisotopic (exact) mass is 599 g/mol. The summed E-state index contributed by atoms with van der Waals surface area (Å²) in [4.78, 5) is 40.1. The Labute approximate surface area is 243 Å². The molecule has 0 bridgehead atoms. The molecular formula is C29H29F4N7O3. The van der Waals surface area contributed by atoms with Crippen LogP contribution in [0.2, 0.25) is 0 Å². The van der Waals surface area contributed by atoms with E-state index in [-0.39, 0.29) is 35.9 Å². The molecule has 1 saturated heterocycles. The number of nitrogens with zero attached hydrogens (tertiary/aromatic N) is 5. The van der Waals surface area contributed by atoms with Crippen LogP contribution >= 0.6 is 0 Å². The molecule has 2 atom stereocenters. The number of benzene rings is 1. The summed E-state index contributed by atoms with van der Waals surface area (Å²) < 4.78 is 61.3. The summed E-state index contributed by atoms with van der Waals surface area (Å²) in [5.41, 5.74) is 5.93. The quantitative estimate of drug-likeness (QED) is 0.289. The number of nitrogen functional groups attached to an aromatic ring is 1. The van der Waals surface area contributed by atoms with E-state index in [1.54, 1.807) is 17.7 Å². The predicted molar refractivity (Wildman–Crippen MR) is 150 cm³/mol. The molecule has 0 unspecified atom stereocenters. The first-order valence-corrected chi connectivity index (χ1v) is 13.5. The second-order valence-corrected chi connectivity index (χ2v) is 10.3. The van der Waals surface area contributed by atoms with Crippen LogP contribution in [0.25, 0.3) is 16.8 Å². The third-order valence-electron chi connectivity index (χ3n) is 7.51. The lowest BCUT2D eigenvalue weighted by molar-refractivity contribution is -0.137. The van der Waals surface area contributed by atoms with Crippen molar-refractivity contribution in [2.24, 2.45) is 0 Å². The molecule has 3 N–H and O–H groups in total. The van der Waals surface area contributed by atoms with E-state index in [2.05, 4.69) is 15.3 Å². The van der Waals surface area contributed by atoms with Gasteiger partial charge in [-0.3, -0.25) is 14.0 Å². The fourth-order valence-electron chi connectivity index (χ4n) is 5.28. The maximum Gasteiger partial charge on any atom is 0.416 e. The highest BCUT2D eigenvalue weighted by molar-refractivity contribution is 6.04. The van der Waals surface area contributed by atoms with E-state index in [9.17, 15) is 22.8 Å². The van der Waals surface area contributed by atoms with Crippen LogP contribution in [0, 0.1) is 5.82 Å². The van der Waals surface area contributed by atoms with Gasteiger partial charge in [0.25, 0.3) is 5.91 Å². The summed E-state index contributed by atoms with van der Waals surface area (Å²) in [5, 5.41) is 2.21. The molecule has 226 valence electrons. The molecule has 0 radical (unpaired) electrons. The molecule has 1 aliphatic heterocycles. The fraction of sp³-hybridized carbons (Fsp3) is 0.345. The summed E-state index contributed by atoms with van der Waals surface area (Å²) in [5.74, 6) is -1.63. The number of carbonyl (C=O) groups excluding carboxylic acids is 2. The molecule has 4 aromatic rings. The Morgan fingerprint density at radius 1 is 1.14 bits per heavy atom. The van der Waals surface area contributed by atoms with E-state index in [0.29, 0.717) is 41.8 Å². The molecule has 3 aromatic heterocycles. The third-order valence-corrected chi connectivity index (χ3v) is 7.51. The van der Waals surface area contributed by atoms with Gasteiger partial charge in [0.1, 0.15) is 34.5 Å². The summed E-state index contributed by atoms with van der Waals surface area (Å²) in [6.45, 7) is 2.75. The predicted octanol–water partition coefficient (Wildman–Crippen LogP) is 4.91. The van der Waals surface area contributed by atoms with Gasteiger partial charge < -0.3 is 20.7 Å². The maximum atomic E-state index is 15.3. The van der Waals surface area contributed by atoms with Gasteiger partial charge in [0, 0.05) is 49.8 Å². The number of ether oxygens (including phenoxy) is 1. The number of rotatable bonds is 7. The van der Waals surface area contributed by atoms with Crippen LogP contribution in [0.4, 0.5) is 29.2 Å². The van der Waals surface area contributed by atoms with Crippen molar-refractivity contribution in [3.8, 4) is 11.3 Å². The van der Waals surface area contributed by atoms with E-state index in [4.69, 9.17) is 15.5 Å². The summed E-state index contributed by atoms with van der Waals surface area (Å²) in [6.07, 6.45) is 1.28. The van der Waals surface area contributed by atoms with E-state index in [1.165, 1.54) is 18.3 Å². The standard InChI is InChI=1S/C29H29F4N7O3/c1-16-3-4-18(15-40(16)23(41)8-12-43-2)27-38-24(25-26(34)36-10-11-39(25)27)17-5-6-20(21(30)13-17)28(42)37-22-14-19(7-9-35-22)29(31,32)33/h5-7,9-11,13-14,16,18H,3-4,8,12,15H2,1-2H3,(H2,34,36)(H,35,37,42)/t16-,18+/m0/s1. The maximum absolute atomic E-state index is 15.3. The topological polar surface area (TPSA) is 128 Å². The van der Waals surface area contributed by atoms with Crippen LogP contribution < -0.4 is 11.1 Å². The van der Waals surface area contributed by atoms with Crippen molar-refractivity contribution in [3.63, 3.8) is 0 Å². The number of likely N-dealkylation sites (tertiary alicyclic amines) is 1. The number of halogens is 4. The number of fused-ring (bicyclic) bond motifs is 1. The lowest BCUT2D eigenvalue weighted by atomic mass is 9.92. The number of hydrogen-bond acceptors (Lipinski definition) is 7. The van der Waals surface area contributed by atoms with Crippen LogP contribution in [-0.2, 0) is 15.7 Å². The molecule has 1 aliphatic rings. The number of nitrogens with one attached hydrogen (secondary N) is 1. The Hall–Kier alpha value is -4.59. The lowest BCUT2D eigenvalue weighted by Crippen LogP contribution is -2.45. The molecule has 0 saturated carbocycles. The van der Waals surface area contributed by atoms with Crippen LogP contribution in [0.5, 0.6) is 0 Å². The van der Waals surface area contributed by atoms with Gasteiger partial charge in [-0.05, 0) is 44.0 Å². The minimum Gasteiger partial charge on any atom is -0.384 e. The van der Waals surface area contributed by atoms with Crippen LogP contribution in [0.15, 0.2) is 48.9 Å². The molecule has 1 fully saturated rings. The number of amides is 2. The van der Waals surface area contributed by atoms with E-state index < -0.39 is 29.0 Å². The van der Waals surface area contributed by atoms with E-state index >= 15 is 4.39 Å². The summed E-state index contributed by atoms with van der Waals surface area (Å²) in [6, 6.07) is 5.27. The van der Waals surface area contributed by atoms with Gasteiger partial charge in [-0.1, -0.05) is 6.07 Å². The number of pyridine rings is 1. The number of methoxy groups -OCH3 is 1. The Kier molecular flexibility index (Phi) is 8.31. The number of anilines is 2. The minimum absolute atomic E-state index is 0.0161. The number of imidazole rings is 1. The zero-order chi connectivity index (χ0) is 30.9. The molecule has 0 aliphatic carbocycles. The smallest absolute Gasteiger partial charge is 0.384 e. The molecule has 1 aromatic carbocycles. The van der Waals surface area contributed by atoms with E-state index in [0.717, 1.165) is 31.2 Å². The van der Waals surface area contributed by atoms with Crippen molar-refractivity contribution in [2.75, 3.05) is 31.3 Å². The molecule has 43 heavy (non-hydrogen) atoms. The first-order valence-electron chi connectivity index (χ1n) is 13.5. The van der Waals surface area contributed by atoms with Crippen molar-refractivity contribution in [1.29, 1.82) is 0 Å². The highest BCUT2D eigenvalue weighted by Gasteiger charge is 2.33. The first kappa shape index (κ1) is 29.9. The average molecular weight is 600 g/mol. The normalized spacial score (nSPS) is 17.3. The fourth-order valence-corrected chi connectivity index (χ4v) is 5.28. The van der Waals surface area contributed by atoms with Crippen molar-refractivity contribution in [3.05, 3.63) is 71.7 Å².